The molecule has 2 heteroatoms. The Morgan fingerprint density at radius 1 is 1.67 bits per heavy atom. The van der Waals surface area contributed by atoms with Crippen molar-refractivity contribution in [1.82, 2.24) is 5.32 Å². The van der Waals surface area contributed by atoms with Gasteiger partial charge in [-0.3, -0.25) is 4.79 Å². The van der Waals surface area contributed by atoms with E-state index in [4.69, 9.17) is 0 Å². The summed E-state index contributed by atoms with van der Waals surface area (Å²) in [5.41, 5.74) is 0. The van der Waals surface area contributed by atoms with Crippen LogP contribution in [0.5, 0.6) is 0 Å². The molecule has 1 heterocycles. The van der Waals surface area contributed by atoms with E-state index < -0.39 is 0 Å². The molecule has 1 radical (unpaired) electrons. The van der Waals surface area contributed by atoms with Crippen LogP contribution in [0.3, 0.4) is 0 Å². The van der Waals surface area contributed by atoms with E-state index in [-0.39, 0.29) is 5.91 Å². The van der Waals surface area contributed by atoms with E-state index in [0.29, 0.717) is 18.4 Å². The highest BCUT2D eigenvalue weighted by molar-refractivity contribution is 5.78. The third-order valence-electron chi connectivity index (χ3n) is 1.73. The predicted octanol–water partition coefficient (Wildman–Crippen LogP) is 0.936. The van der Waals surface area contributed by atoms with Crippen molar-refractivity contribution in [2.45, 2.75) is 32.7 Å². The molecule has 51 valence electrons. The van der Waals surface area contributed by atoms with Crippen molar-refractivity contribution >= 4 is 5.91 Å². The monoisotopic (exact) mass is 126 g/mol. The summed E-state index contributed by atoms with van der Waals surface area (Å²) in [4.78, 5) is 10.6. The van der Waals surface area contributed by atoms with Crippen molar-refractivity contribution < 1.29 is 4.79 Å². The summed E-state index contributed by atoms with van der Waals surface area (Å²) in [6, 6.07) is 0.317. The Hall–Kier alpha value is -0.530. The molecule has 0 aliphatic carbocycles. The number of carbonyl (C=O) groups is 1. The molecule has 0 saturated carbocycles. The molecular formula is C7H12NO. The van der Waals surface area contributed by atoms with Crippen LogP contribution in [-0.4, -0.2) is 11.9 Å². The zero-order chi connectivity index (χ0) is 6.85. The van der Waals surface area contributed by atoms with Crippen LogP contribution in [-0.2, 0) is 4.79 Å². The number of rotatable bonds is 1. The first-order valence-corrected chi connectivity index (χ1v) is 3.44. The first-order chi connectivity index (χ1) is 4.20. The normalized spacial score (nSPS) is 27.0. The summed E-state index contributed by atoms with van der Waals surface area (Å²) in [6.07, 6.45) is 1.64. The fourth-order valence-electron chi connectivity index (χ4n) is 1.07. The Morgan fingerprint density at radius 2 is 2.33 bits per heavy atom. The van der Waals surface area contributed by atoms with E-state index in [0.717, 1.165) is 6.42 Å². The van der Waals surface area contributed by atoms with Crippen LogP contribution >= 0.6 is 0 Å². The van der Waals surface area contributed by atoms with E-state index in [9.17, 15) is 4.79 Å². The zero-order valence-electron chi connectivity index (χ0n) is 5.92. The summed E-state index contributed by atoms with van der Waals surface area (Å²) in [6.45, 7) is 4.21. The van der Waals surface area contributed by atoms with Gasteiger partial charge >= 0.3 is 0 Å². The SMILES string of the molecule is CC(C)C1CCC(=O)[N]1. The molecule has 1 atom stereocenters. The average Bonchev–Trinajstić information content (AvgIpc) is 2.14. The minimum Gasteiger partial charge on any atom is -0.273 e. The molecule has 0 spiro atoms. The maximum Gasteiger partial charge on any atom is 0.241 e. The van der Waals surface area contributed by atoms with E-state index in [1.807, 2.05) is 0 Å². The number of nitrogens with zero attached hydrogens (tertiary/aromatic N) is 1. The van der Waals surface area contributed by atoms with Crippen molar-refractivity contribution in [3.63, 3.8) is 0 Å². The molecule has 1 fully saturated rings. The molecule has 1 unspecified atom stereocenters. The molecular weight excluding hydrogens is 114 g/mol. The first kappa shape index (κ1) is 6.59. The molecule has 0 aromatic rings. The van der Waals surface area contributed by atoms with Gasteiger partial charge in [0.2, 0.25) is 5.91 Å². The van der Waals surface area contributed by atoms with Crippen molar-refractivity contribution in [3.8, 4) is 0 Å². The quantitative estimate of drug-likeness (QED) is 0.514. The van der Waals surface area contributed by atoms with Gasteiger partial charge in [0.25, 0.3) is 0 Å². The van der Waals surface area contributed by atoms with Gasteiger partial charge in [0.1, 0.15) is 0 Å². The van der Waals surface area contributed by atoms with E-state index in [2.05, 4.69) is 19.2 Å². The largest absolute Gasteiger partial charge is 0.273 e. The number of carbonyl (C=O) groups excluding carboxylic acids is 1. The Labute approximate surface area is 55.6 Å². The van der Waals surface area contributed by atoms with Crippen molar-refractivity contribution in [3.05, 3.63) is 0 Å². The first-order valence-electron chi connectivity index (χ1n) is 3.44. The van der Waals surface area contributed by atoms with Crippen LogP contribution in [0.2, 0.25) is 0 Å². The minimum absolute atomic E-state index is 0.0914. The number of hydrogen-bond donors (Lipinski definition) is 0. The highest BCUT2D eigenvalue weighted by Crippen LogP contribution is 2.15. The van der Waals surface area contributed by atoms with Crippen molar-refractivity contribution in [2.75, 3.05) is 0 Å². The molecule has 1 aliphatic rings. The summed E-state index contributed by atoms with van der Waals surface area (Å²) in [5.74, 6) is 0.630. The highest BCUT2D eigenvalue weighted by atomic mass is 16.1. The fourth-order valence-corrected chi connectivity index (χ4v) is 1.07. The Balaban J connectivity index is 2.39. The van der Waals surface area contributed by atoms with Gasteiger partial charge in [0.15, 0.2) is 0 Å². The van der Waals surface area contributed by atoms with Crippen molar-refractivity contribution in [2.24, 2.45) is 5.92 Å². The molecule has 9 heavy (non-hydrogen) atoms. The van der Waals surface area contributed by atoms with Crippen LogP contribution in [0, 0.1) is 5.92 Å². The van der Waals surface area contributed by atoms with Gasteiger partial charge in [0, 0.05) is 6.42 Å². The van der Waals surface area contributed by atoms with E-state index in [1.54, 1.807) is 0 Å². The van der Waals surface area contributed by atoms with Gasteiger partial charge in [-0.15, -0.1) is 0 Å². The van der Waals surface area contributed by atoms with Gasteiger partial charge in [-0.1, -0.05) is 13.8 Å². The van der Waals surface area contributed by atoms with Gasteiger partial charge in [-0.2, -0.15) is 0 Å². The summed E-state index contributed by atoms with van der Waals surface area (Å²) in [7, 11) is 0. The second kappa shape index (κ2) is 2.38. The molecule has 0 aromatic carbocycles. The van der Waals surface area contributed by atoms with Crippen LogP contribution in [0.1, 0.15) is 26.7 Å². The maximum atomic E-state index is 10.6. The van der Waals surface area contributed by atoms with Crippen molar-refractivity contribution in [1.29, 1.82) is 0 Å². The molecule has 0 aromatic heterocycles. The highest BCUT2D eigenvalue weighted by Gasteiger charge is 2.24. The summed E-state index contributed by atoms with van der Waals surface area (Å²) < 4.78 is 0. The number of amides is 1. The lowest BCUT2D eigenvalue weighted by Gasteiger charge is -2.09. The molecule has 1 amide bonds. The van der Waals surface area contributed by atoms with E-state index >= 15 is 0 Å². The van der Waals surface area contributed by atoms with Crippen LogP contribution in [0.4, 0.5) is 0 Å². The second-order valence-corrected chi connectivity index (χ2v) is 2.87. The van der Waals surface area contributed by atoms with Crippen LogP contribution in [0.15, 0.2) is 0 Å². The van der Waals surface area contributed by atoms with Gasteiger partial charge in [-0.25, -0.2) is 5.32 Å². The topological polar surface area (TPSA) is 31.2 Å². The Morgan fingerprint density at radius 3 is 2.56 bits per heavy atom. The fraction of sp³-hybridized carbons (Fsp3) is 0.857. The number of hydrogen-bond acceptors (Lipinski definition) is 1. The molecule has 1 saturated heterocycles. The predicted molar refractivity (Wildman–Crippen MR) is 35.0 cm³/mol. The molecule has 0 bridgehead atoms. The van der Waals surface area contributed by atoms with Gasteiger partial charge in [-0.05, 0) is 12.3 Å². The van der Waals surface area contributed by atoms with Gasteiger partial charge in [0.05, 0.1) is 6.04 Å². The van der Waals surface area contributed by atoms with Gasteiger partial charge < -0.3 is 0 Å². The second-order valence-electron chi connectivity index (χ2n) is 2.87. The maximum absolute atomic E-state index is 10.6. The standard InChI is InChI=1S/C7H12NO/c1-5(2)6-3-4-7(9)8-6/h5-6H,3-4H2,1-2H3. The smallest absolute Gasteiger partial charge is 0.241 e. The molecule has 1 aliphatic heterocycles. The molecule has 2 nitrogen and oxygen atoms in total. The van der Waals surface area contributed by atoms with Crippen LogP contribution in [0.25, 0.3) is 0 Å². The molecule has 0 N–H and O–H groups in total. The zero-order valence-corrected chi connectivity index (χ0v) is 5.92. The third kappa shape index (κ3) is 1.44. The summed E-state index contributed by atoms with van der Waals surface area (Å²) in [5, 5.41) is 3.95. The lowest BCUT2D eigenvalue weighted by atomic mass is 10.0. The average molecular weight is 126 g/mol. The van der Waals surface area contributed by atoms with E-state index in [1.165, 1.54) is 0 Å². The Bertz CT molecular complexity index is 120. The lowest BCUT2D eigenvalue weighted by molar-refractivity contribution is -0.119. The molecule has 1 rings (SSSR count). The summed E-state index contributed by atoms with van der Waals surface area (Å²) >= 11 is 0. The minimum atomic E-state index is 0.0914. The third-order valence-corrected chi connectivity index (χ3v) is 1.73. The van der Waals surface area contributed by atoms with Crippen LogP contribution < -0.4 is 5.32 Å². The Kier molecular flexibility index (Phi) is 1.74. The lowest BCUT2D eigenvalue weighted by Crippen LogP contribution is -2.22.